The minimum absolute atomic E-state index is 0.0514. The van der Waals surface area contributed by atoms with Crippen LogP contribution in [0.3, 0.4) is 0 Å². The van der Waals surface area contributed by atoms with E-state index in [-0.39, 0.29) is 17.4 Å². The molecule has 0 spiro atoms. The van der Waals surface area contributed by atoms with Gasteiger partial charge in [0.05, 0.1) is 6.04 Å². The van der Waals surface area contributed by atoms with E-state index >= 15 is 0 Å². The monoisotopic (exact) mass is 249 g/mol. The number of amides is 1. The summed E-state index contributed by atoms with van der Waals surface area (Å²) in [6, 6.07) is 3.93. The van der Waals surface area contributed by atoms with Gasteiger partial charge in [0.25, 0.3) is 0 Å². The summed E-state index contributed by atoms with van der Waals surface area (Å²) in [5.74, 6) is 0.131. The molecule has 2 rings (SSSR count). The number of piperidine rings is 1. The highest BCUT2D eigenvalue weighted by Gasteiger charge is 2.36. The maximum atomic E-state index is 12.2. The quantitative estimate of drug-likeness (QED) is 0.847. The SMILES string of the molecule is CC1(C)CCCNC1C(=O)NCCn1cccc1. The standard InChI is InChI=1S/C14H23N3O/c1-14(2)6-5-7-15-12(14)13(18)16-8-11-17-9-3-4-10-17/h3-4,9-10,12,15H,5-8,11H2,1-2H3,(H,16,18). The highest BCUT2D eigenvalue weighted by Crippen LogP contribution is 2.29. The first-order valence-electron chi connectivity index (χ1n) is 6.71. The maximum absolute atomic E-state index is 12.2. The molecule has 1 amide bonds. The summed E-state index contributed by atoms with van der Waals surface area (Å²) in [5.41, 5.74) is 0.0514. The molecule has 1 saturated heterocycles. The van der Waals surface area contributed by atoms with Gasteiger partial charge in [-0.1, -0.05) is 13.8 Å². The Morgan fingerprint density at radius 3 is 2.83 bits per heavy atom. The second-order valence-electron chi connectivity index (χ2n) is 5.69. The second kappa shape index (κ2) is 5.57. The van der Waals surface area contributed by atoms with E-state index in [4.69, 9.17) is 0 Å². The van der Waals surface area contributed by atoms with Gasteiger partial charge < -0.3 is 15.2 Å². The number of carbonyl (C=O) groups is 1. The van der Waals surface area contributed by atoms with E-state index in [9.17, 15) is 4.79 Å². The number of rotatable bonds is 4. The zero-order valence-electron chi connectivity index (χ0n) is 11.3. The summed E-state index contributed by atoms with van der Waals surface area (Å²) in [5, 5.41) is 6.36. The minimum Gasteiger partial charge on any atom is -0.353 e. The van der Waals surface area contributed by atoms with E-state index in [2.05, 4.69) is 29.0 Å². The highest BCUT2D eigenvalue weighted by molar-refractivity contribution is 5.82. The zero-order valence-corrected chi connectivity index (χ0v) is 11.3. The van der Waals surface area contributed by atoms with Gasteiger partial charge in [0.15, 0.2) is 0 Å². The third kappa shape index (κ3) is 3.13. The van der Waals surface area contributed by atoms with Gasteiger partial charge in [-0.3, -0.25) is 4.79 Å². The molecule has 2 heterocycles. The Morgan fingerprint density at radius 2 is 2.17 bits per heavy atom. The van der Waals surface area contributed by atoms with Crippen molar-refractivity contribution in [2.75, 3.05) is 13.1 Å². The molecule has 0 aromatic carbocycles. The lowest BCUT2D eigenvalue weighted by molar-refractivity contribution is -0.126. The fraction of sp³-hybridized carbons (Fsp3) is 0.643. The van der Waals surface area contributed by atoms with E-state index in [1.165, 1.54) is 0 Å². The van der Waals surface area contributed by atoms with Crippen LogP contribution in [-0.4, -0.2) is 29.6 Å². The average molecular weight is 249 g/mol. The first kappa shape index (κ1) is 13.1. The van der Waals surface area contributed by atoms with Gasteiger partial charge in [-0.25, -0.2) is 0 Å². The van der Waals surface area contributed by atoms with Gasteiger partial charge in [-0.15, -0.1) is 0 Å². The Morgan fingerprint density at radius 1 is 1.44 bits per heavy atom. The lowest BCUT2D eigenvalue weighted by Crippen LogP contribution is -2.55. The molecule has 0 aliphatic carbocycles. The van der Waals surface area contributed by atoms with Crippen molar-refractivity contribution in [2.24, 2.45) is 5.41 Å². The van der Waals surface area contributed by atoms with Crippen LogP contribution in [-0.2, 0) is 11.3 Å². The van der Waals surface area contributed by atoms with Crippen LogP contribution in [0.1, 0.15) is 26.7 Å². The van der Waals surface area contributed by atoms with Crippen LogP contribution in [0.2, 0.25) is 0 Å². The summed E-state index contributed by atoms with van der Waals surface area (Å²) in [4.78, 5) is 12.2. The van der Waals surface area contributed by atoms with Crippen LogP contribution >= 0.6 is 0 Å². The predicted molar refractivity (Wildman–Crippen MR) is 72.2 cm³/mol. The third-order valence-electron chi connectivity index (χ3n) is 3.73. The molecule has 1 aliphatic heterocycles. The van der Waals surface area contributed by atoms with E-state index in [0.29, 0.717) is 6.54 Å². The molecule has 1 aliphatic rings. The molecular formula is C14H23N3O. The molecule has 1 atom stereocenters. The molecule has 4 nitrogen and oxygen atoms in total. The summed E-state index contributed by atoms with van der Waals surface area (Å²) in [6.07, 6.45) is 6.28. The van der Waals surface area contributed by atoms with Crippen LogP contribution in [0.5, 0.6) is 0 Å². The Balaban J connectivity index is 1.80. The first-order chi connectivity index (χ1) is 8.59. The molecule has 0 saturated carbocycles. The van der Waals surface area contributed by atoms with Crippen molar-refractivity contribution in [3.63, 3.8) is 0 Å². The normalized spacial score (nSPS) is 22.7. The van der Waals surface area contributed by atoms with Gasteiger partial charge >= 0.3 is 0 Å². The van der Waals surface area contributed by atoms with E-state index in [1.807, 2.05) is 24.5 Å². The zero-order chi connectivity index (χ0) is 13.0. The van der Waals surface area contributed by atoms with Crippen molar-refractivity contribution >= 4 is 5.91 Å². The van der Waals surface area contributed by atoms with Gasteiger partial charge in [0.2, 0.25) is 5.91 Å². The van der Waals surface area contributed by atoms with E-state index in [0.717, 1.165) is 25.9 Å². The number of nitrogens with one attached hydrogen (secondary N) is 2. The molecule has 1 aromatic rings. The Labute approximate surface area is 109 Å². The van der Waals surface area contributed by atoms with Crippen LogP contribution < -0.4 is 10.6 Å². The van der Waals surface area contributed by atoms with Crippen LogP contribution in [0.4, 0.5) is 0 Å². The van der Waals surface area contributed by atoms with Crippen molar-refractivity contribution in [2.45, 2.75) is 39.3 Å². The Hall–Kier alpha value is -1.29. The lowest BCUT2D eigenvalue weighted by atomic mass is 9.77. The number of hydrogen-bond donors (Lipinski definition) is 2. The lowest BCUT2D eigenvalue weighted by Gasteiger charge is -2.38. The molecular weight excluding hydrogens is 226 g/mol. The van der Waals surface area contributed by atoms with E-state index < -0.39 is 0 Å². The molecule has 4 heteroatoms. The molecule has 1 unspecified atom stereocenters. The van der Waals surface area contributed by atoms with Gasteiger partial charge in [0.1, 0.15) is 0 Å². The highest BCUT2D eigenvalue weighted by atomic mass is 16.2. The van der Waals surface area contributed by atoms with Crippen LogP contribution in [0, 0.1) is 5.41 Å². The number of carbonyl (C=O) groups excluding carboxylic acids is 1. The summed E-state index contributed by atoms with van der Waals surface area (Å²) in [7, 11) is 0. The Bertz CT molecular complexity index is 384. The molecule has 0 bridgehead atoms. The van der Waals surface area contributed by atoms with Crippen molar-refractivity contribution in [3.05, 3.63) is 24.5 Å². The summed E-state index contributed by atoms with van der Waals surface area (Å²) >= 11 is 0. The molecule has 18 heavy (non-hydrogen) atoms. The van der Waals surface area contributed by atoms with Gasteiger partial charge in [-0.05, 0) is 36.9 Å². The second-order valence-corrected chi connectivity index (χ2v) is 5.69. The molecule has 1 fully saturated rings. The summed E-state index contributed by atoms with van der Waals surface area (Å²) < 4.78 is 2.07. The molecule has 0 radical (unpaired) electrons. The first-order valence-corrected chi connectivity index (χ1v) is 6.71. The number of aromatic nitrogens is 1. The van der Waals surface area contributed by atoms with Crippen molar-refractivity contribution in [1.29, 1.82) is 0 Å². The number of nitrogens with zero attached hydrogens (tertiary/aromatic N) is 1. The smallest absolute Gasteiger partial charge is 0.237 e. The third-order valence-corrected chi connectivity index (χ3v) is 3.73. The maximum Gasteiger partial charge on any atom is 0.237 e. The number of hydrogen-bond acceptors (Lipinski definition) is 2. The largest absolute Gasteiger partial charge is 0.353 e. The van der Waals surface area contributed by atoms with Crippen LogP contribution in [0.15, 0.2) is 24.5 Å². The molecule has 100 valence electrons. The van der Waals surface area contributed by atoms with Gasteiger partial charge in [-0.2, -0.15) is 0 Å². The summed E-state index contributed by atoms with van der Waals surface area (Å²) in [6.45, 7) is 6.78. The average Bonchev–Trinajstić information content (AvgIpc) is 2.81. The fourth-order valence-corrected chi connectivity index (χ4v) is 2.59. The van der Waals surface area contributed by atoms with Crippen LogP contribution in [0.25, 0.3) is 0 Å². The topological polar surface area (TPSA) is 46.1 Å². The van der Waals surface area contributed by atoms with E-state index in [1.54, 1.807) is 0 Å². The molecule has 1 aromatic heterocycles. The van der Waals surface area contributed by atoms with Crippen molar-refractivity contribution < 1.29 is 4.79 Å². The fourth-order valence-electron chi connectivity index (χ4n) is 2.59. The van der Waals surface area contributed by atoms with Crippen molar-refractivity contribution in [1.82, 2.24) is 15.2 Å². The van der Waals surface area contributed by atoms with Gasteiger partial charge in [0, 0.05) is 25.5 Å². The minimum atomic E-state index is -0.0593. The predicted octanol–water partition coefficient (Wildman–Crippen LogP) is 1.38. The van der Waals surface area contributed by atoms with Crippen molar-refractivity contribution in [3.8, 4) is 0 Å². The molecule has 2 N–H and O–H groups in total. The Kier molecular flexibility index (Phi) is 4.07.